The second-order valence-corrected chi connectivity index (χ2v) is 3.78. The number of carbonyl (C=O) groups excluding carboxylic acids is 1. The number of aromatic nitrogens is 2. The van der Waals surface area contributed by atoms with Crippen LogP contribution in [0, 0.1) is 5.92 Å². The molecule has 5 heteroatoms. The lowest BCUT2D eigenvalue weighted by Crippen LogP contribution is -2.26. The van der Waals surface area contributed by atoms with Crippen LogP contribution in [0.2, 0.25) is 5.15 Å². The summed E-state index contributed by atoms with van der Waals surface area (Å²) < 4.78 is 0. The summed E-state index contributed by atoms with van der Waals surface area (Å²) in [6, 6.07) is 3.12. The second-order valence-electron chi connectivity index (χ2n) is 3.39. The quantitative estimate of drug-likeness (QED) is 0.819. The Morgan fingerprint density at radius 2 is 2.29 bits per heavy atom. The standard InChI is InChI=1S/C9H10ClN3O/c10-8-4-3-7(12-13-8)9(14)11-5-6-1-2-6/h3-4,6H,1-2,5H2,(H,11,14). The molecule has 1 amide bonds. The fourth-order valence-electron chi connectivity index (χ4n) is 1.09. The highest BCUT2D eigenvalue weighted by Gasteiger charge is 2.22. The summed E-state index contributed by atoms with van der Waals surface area (Å²) in [5, 5.41) is 10.4. The van der Waals surface area contributed by atoms with E-state index in [9.17, 15) is 4.79 Å². The molecule has 2 rings (SSSR count). The van der Waals surface area contributed by atoms with E-state index in [4.69, 9.17) is 11.6 Å². The third kappa shape index (κ3) is 2.42. The Labute approximate surface area is 86.7 Å². The van der Waals surface area contributed by atoms with Crippen LogP contribution in [0.5, 0.6) is 0 Å². The predicted molar refractivity (Wildman–Crippen MR) is 52.1 cm³/mol. The molecule has 0 radical (unpaired) electrons. The van der Waals surface area contributed by atoms with Crippen molar-refractivity contribution in [3.8, 4) is 0 Å². The van der Waals surface area contributed by atoms with Crippen molar-refractivity contribution in [2.45, 2.75) is 12.8 Å². The lowest BCUT2D eigenvalue weighted by atomic mass is 10.3. The normalized spacial score (nSPS) is 15.2. The number of nitrogens with zero attached hydrogens (tertiary/aromatic N) is 2. The average molecular weight is 212 g/mol. The van der Waals surface area contributed by atoms with Crippen LogP contribution in [0.25, 0.3) is 0 Å². The SMILES string of the molecule is O=C(NCC1CC1)c1ccc(Cl)nn1. The number of halogens is 1. The molecular weight excluding hydrogens is 202 g/mol. The molecule has 74 valence electrons. The lowest BCUT2D eigenvalue weighted by molar-refractivity contribution is 0.0946. The van der Waals surface area contributed by atoms with Crippen molar-refractivity contribution in [1.82, 2.24) is 15.5 Å². The summed E-state index contributed by atoms with van der Waals surface area (Å²) in [7, 11) is 0. The molecule has 1 aromatic heterocycles. The van der Waals surface area contributed by atoms with Crippen molar-refractivity contribution in [2.24, 2.45) is 5.92 Å². The van der Waals surface area contributed by atoms with E-state index in [0.29, 0.717) is 16.8 Å². The van der Waals surface area contributed by atoms with Gasteiger partial charge in [-0.2, -0.15) is 0 Å². The summed E-state index contributed by atoms with van der Waals surface area (Å²) in [5.74, 6) is 0.486. The predicted octanol–water partition coefficient (Wildman–Crippen LogP) is 1.27. The Morgan fingerprint density at radius 3 is 2.86 bits per heavy atom. The van der Waals surface area contributed by atoms with Crippen LogP contribution in [-0.4, -0.2) is 22.6 Å². The maximum Gasteiger partial charge on any atom is 0.271 e. The van der Waals surface area contributed by atoms with Gasteiger partial charge < -0.3 is 5.32 Å². The van der Waals surface area contributed by atoms with Gasteiger partial charge in [-0.25, -0.2) is 0 Å². The maximum absolute atomic E-state index is 11.4. The van der Waals surface area contributed by atoms with Gasteiger partial charge in [-0.05, 0) is 30.9 Å². The van der Waals surface area contributed by atoms with Crippen molar-refractivity contribution in [3.63, 3.8) is 0 Å². The third-order valence-electron chi connectivity index (χ3n) is 2.11. The summed E-state index contributed by atoms with van der Waals surface area (Å²) >= 11 is 5.55. The molecule has 0 atom stereocenters. The zero-order valence-corrected chi connectivity index (χ0v) is 8.29. The van der Waals surface area contributed by atoms with Gasteiger partial charge in [0.05, 0.1) is 0 Å². The van der Waals surface area contributed by atoms with Gasteiger partial charge in [0.1, 0.15) is 0 Å². The molecule has 1 fully saturated rings. The first-order chi connectivity index (χ1) is 6.75. The molecule has 0 aromatic carbocycles. The van der Waals surface area contributed by atoms with Gasteiger partial charge in [0, 0.05) is 6.54 Å². The molecule has 1 aromatic rings. The van der Waals surface area contributed by atoms with E-state index in [1.807, 2.05) is 0 Å². The van der Waals surface area contributed by atoms with E-state index in [0.717, 1.165) is 6.54 Å². The van der Waals surface area contributed by atoms with E-state index in [2.05, 4.69) is 15.5 Å². The van der Waals surface area contributed by atoms with Gasteiger partial charge in [-0.1, -0.05) is 11.6 Å². The number of hydrogen-bond acceptors (Lipinski definition) is 3. The monoisotopic (exact) mass is 211 g/mol. The van der Waals surface area contributed by atoms with Crippen LogP contribution in [0.1, 0.15) is 23.3 Å². The van der Waals surface area contributed by atoms with Crippen molar-refractivity contribution in [2.75, 3.05) is 6.54 Å². The van der Waals surface area contributed by atoms with E-state index in [1.54, 1.807) is 12.1 Å². The Bertz CT molecular complexity index is 334. The molecule has 0 spiro atoms. The van der Waals surface area contributed by atoms with Crippen molar-refractivity contribution in [1.29, 1.82) is 0 Å². The Morgan fingerprint density at radius 1 is 1.50 bits per heavy atom. The van der Waals surface area contributed by atoms with Crippen LogP contribution in [0.3, 0.4) is 0 Å². The highest BCUT2D eigenvalue weighted by atomic mass is 35.5. The topological polar surface area (TPSA) is 54.9 Å². The van der Waals surface area contributed by atoms with E-state index < -0.39 is 0 Å². The molecule has 1 aliphatic carbocycles. The van der Waals surface area contributed by atoms with E-state index in [-0.39, 0.29) is 5.91 Å². The largest absolute Gasteiger partial charge is 0.350 e. The van der Waals surface area contributed by atoms with E-state index >= 15 is 0 Å². The van der Waals surface area contributed by atoms with Gasteiger partial charge in [0.2, 0.25) is 0 Å². The number of rotatable bonds is 3. The Balaban J connectivity index is 1.92. The summed E-state index contributed by atoms with van der Waals surface area (Å²) in [6.07, 6.45) is 2.43. The smallest absolute Gasteiger partial charge is 0.271 e. The first-order valence-corrected chi connectivity index (χ1v) is 4.91. The van der Waals surface area contributed by atoms with Gasteiger partial charge in [-0.15, -0.1) is 10.2 Å². The zero-order valence-electron chi connectivity index (χ0n) is 7.53. The lowest BCUT2D eigenvalue weighted by Gasteiger charge is -2.01. The van der Waals surface area contributed by atoms with Crippen LogP contribution >= 0.6 is 11.6 Å². The average Bonchev–Trinajstić information content (AvgIpc) is 2.99. The summed E-state index contributed by atoms with van der Waals surface area (Å²) in [4.78, 5) is 11.4. The molecule has 1 heterocycles. The molecule has 1 saturated carbocycles. The molecule has 0 aliphatic heterocycles. The highest BCUT2D eigenvalue weighted by Crippen LogP contribution is 2.27. The van der Waals surface area contributed by atoms with Crippen molar-refractivity contribution >= 4 is 17.5 Å². The van der Waals surface area contributed by atoms with Gasteiger partial charge >= 0.3 is 0 Å². The zero-order chi connectivity index (χ0) is 9.97. The van der Waals surface area contributed by atoms with Crippen molar-refractivity contribution in [3.05, 3.63) is 23.0 Å². The molecule has 1 N–H and O–H groups in total. The fraction of sp³-hybridized carbons (Fsp3) is 0.444. The first kappa shape index (κ1) is 9.40. The number of nitrogens with one attached hydrogen (secondary N) is 1. The first-order valence-electron chi connectivity index (χ1n) is 4.53. The second kappa shape index (κ2) is 3.92. The molecule has 0 bridgehead atoms. The summed E-state index contributed by atoms with van der Waals surface area (Å²) in [5.41, 5.74) is 0.315. The van der Waals surface area contributed by atoms with Crippen LogP contribution < -0.4 is 5.32 Å². The Kier molecular flexibility index (Phi) is 2.63. The molecule has 14 heavy (non-hydrogen) atoms. The molecule has 0 saturated heterocycles. The molecule has 0 unspecified atom stereocenters. The van der Waals surface area contributed by atoms with Crippen molar-refractivity contribution < 1.29 is 4.79 Å². The number of amides is 1. The molecule has 4 nitrogen and oxygen atoms in total. The maximum atomic E-state index is 11.4. The Hall–Kier alpha value is -1.16. The van der Waals surface area contributed by atoms with Gasteiger partial charge in [0.25, 0.3) is 5.91 Å². The van der Waals surface area contributed by atoms with Crippen LogP contribution in [-0.2, 0) is 0 Å². The fourth-order valence-corrected chi connectivity index (χ4v) is 1.19. The van der Waals surface area contributed by atoms with Gasteiger partial charge in [-0.3, -0.25) is 4.79 Å². The molecular formula is C9H10ClN3O. The third-order valence-corrected chi connectivity index (χ3v) is 2.31. The van der Waals surface area contributed by atoms with Crippen LogP contribution in [0.15, 0.2) is 12.1 Å². The highest BCUT2D eigenvalue weighted by molar-refractivity contribution is 6.29. The number of hydrogen-bond donors (Lipinski definition) is 1. The minimum Gasteiger partial charge on any atom is -0.350 e. The molecule has 1 aliphatic rings. The van der Waals surface area contributed by atoms with Crippen LogP contribution in [0.4, 0.5) is 0 Å². The minimum absolute atomic E-state index is 0.180. The number of carbonyl (C=O) groups is 1. The summed E-state index contributed by atoms with van der Waals surface area (Å²) in [6.45, 7) is 0.739. The minimum atomic E-state index is -0.180. The van der Waals surface area contributed by atoms with E-state index in [1.165, 1.54) is 12.8 Å². The van der Waals surface area contributed by atoms with Gasteiger partial charge in [0.15, 0.2) is 10.8 Å².